The predicted molar refractivity (Wildman–Crippen MR) is 101 cm³/mol. The molecule has 1 saturated heterocycles. The topological polar surface area (TPSA) is 78.5 Å². The molecule has 0 radical (unpaired) electrons. The Bertz CT molecular complexity index is 996. The molecule has 8 heteroatoms. The quantitative estimate of drug-likeness (QED) is 0.776. The number of anilines is 1. The fraction of sp³-hybridized carbons (Fsp3) is 0.250. The average Bonchev–Trinajstić information content (AvgIpc) is 2.88. The highest BCUT2D eigenvalue weighted by Gasteiger charge is 2.52. The molecule has 0 aromatic heterocycles. The Morgan fingerprint density at radius 3 is 2.71 bits per heavy atom. The molecule has 1 spiro atoms. The molecule has 2 N–H and O–H groups in total. The molecule has 144 valence electrons. The van der Waals surface area contributed by atoms with Gasteiger partial charge in [0.05, 0.1) is 10.7 Å². The Labute approximate surface area is 165 Å². The summed E-state index contributed by atoms with van der Waals surface area (Å²) in [6.45, 7) is -0.443. The molecule has 4 rings (SSSR count). The van der Waals surface area contributed by atoms with Crippen molar-refractivity contribution in [3.05, 3.63) is 64.4 Å². The van der Waals surface area contributed by atoms with Crippen molar-refractivity contribution in [2.24, 2.45) is 0 Å². The van der Waals surface area contributed by atoms with Gasteiger partial charge in [0.2, 0.25) is 5.91 Å². The second-order valence-corrected chi connectivity index (χ2v) is 7.43. The van der Waals surface area contributed by atoms with Crippen molar-refractivity contribution in [1.29, 1.82) is 0 Å². The smallest absolute Gasteiger partial charge is 0.323 e. The van der Waals surface area contributed by atoms with Crippen LogP contribution in [0.1, 0.15) is 17.5 Å². The average molecular weight is 402 g/mol. The number of amides is 4. The lowest BCUT2D eigenvalue weighted by molar-refractivity contribution is -0.134. The summed E-state index contributed by atoms with van der Waals surface area (Å²) in [6, 6.07) is 10.8. The lowest BCUT2D eigenvalue weighted by Gasteiger charge is -2.32. The van der Waals surface area contributed by atoms with Crippen LogP contribution < -0.4 is 10.6 Å². The maximum absolute atomic E-state index is 13.1. The van der Waals surface area contributed by atoms with Crippen LogP contribution in [0.3, 0.4) is 0 Å². The number of imide groups is 1. The number of aryl methyl sites for hydroxylation is 1. The number of carbonyl (C=O) groups excluding carboxylic acids is 3. The van der Waals surface area contributed by atoms with Gasteiger partial charge in [-0.15, -0.1) is 0 Å². The molecular weight excluding hydrogens is 385 g/mol. The molecular formula is C20H17ClFN3O3. The number of carbonyl (C=O) groups is 3. The summed E-state index contributed by atoms with van der Waals surface area (Å²) in [4.78, 5) is 38.6. The highest BCUT2D eigenvalue weighted by molar-refractivity contribution is 6.33. The first-order valence-electron chi connectivity index (χ1n) is 8.84. The number of nitrogens with zero attached hydrogens (tertiary/aromatic N) is 1. The normalized spacial score (nSPS) is 20.9. The van der Waals surface area contributed by atoms with Crippen LogP contribution in [0.5, 0.6) is 0 Å². The van der Waals surface area contributed by atoms with Gasteiger partial charge >= 0.3 is 6.03 Å². The van der Waals surface area contributed by atoms with Crippen molar-refractivity contribution in [3.8, 4) is 0 Å². The zero-order valence-corrected chi connectivity index (χ0v) is 15.6. The van der Waals surface area contributed by atoms with Crippen LogP contribution in [0.15, 0.2) is 42.5 Å². The Hall–Kier alpha value is -2.93. The van der Waals surface area contributed by atoms with Crippen LogP contribution in [0.25, 0.3) is 0 Å². The largest absolute Gasteiger partial charge is 0.325 e. The molecule has 0 saturated carbocycles. The third kappa shape index (κ3) is 3.22. The fourth-order valence-electron chi connectivity index (χ4n) is 3.77. The molecule has 2 aliphatic rings. The van der Waals surface area contributed by atoms with E-state index in [2.05, 4.69) is 10.6 Å². The summed E-state index contributed by atoms with van der Waals surface area (Å²) in [5.74, 6) is -1.53. The molecule has 28 heavy (non-hydrogen) atoms. The van der Waals surface area contributed by atoms with Crippen LogP contribution in [-0.2, 0) is 22.4 Å². The van der Waals surface area contributed by atoms with Crippen molar-refractivity contribution in [2.45, 2.75) is 24.8 Å². The van der Waals surface area contributed by atoms with E-state index < -0.39 is 35.7 Å². The van der Waals surface area contributed by atoms with Gasteiger partial charge in [-0.2, -0.15) is 0 Å². The third-order valence-corrected chi connectivity index (χ3v) is 5.50. The van der Waals surface area contributed by atoms with Crippen molar-refractivity contribution < 1.29 is 18.8 Å². The molecule has 1 aliphatic heterocycles. The molecule has 1 unspecified atom stereocenters. The SMILES string of the molecule is O=C(CN1C(=O)NC2(CCc3ccccc3C2)C1=O)Nc1ccc(F)cc1Cl. The standard InChI is InChI=1S/C20H17ClFN3O3/c21-15-9-14(22)5-6-16(15)23-17(26)11-25-18(27)20(24-19(25)28)8-7-12-3-1-2-4-13(12)10-20/h1-6,9H,7-8,10-11H2,(H,23,26)(H,24,28). The lowest BCUT2D eigenvalue weighted by Crippen LogP contribution is -2.51. The van der Waals surface area contributed by atoms with Crippen LogP contribution in [0, 0.1) is 5.82 Å². The van der Waals surface area contributed by atoms with Gasteiger partial charge in [0.15, 0.2) is 0 Å². The molecule has 4 amide bonds. The summed E-state index contributed by atoms with van der Waals surface area (Å²) in [5.41, 5.74) is 1.38. The van der Waals surface area contributed by atoms with Crippen LogP contribution >= 0.6 is 11.6 Å². The molecule has 1 atom stereocenters. The number of hydrogen-bond acceptors (Lipinski definition) is 3. The van der Waals surface area contributed by atoms with Crippen molar-refractivity contribution in [2.75, 3.05) is 11.9 Å². The van der Waals surface area contributed by atoms with Gasteiger partial charge in [-0.1, -0.05) is 35.9 Å². The molecule has 0 bridgehead atoms. The highest BCUT2D eigenvalue weighted by atomic mass is 35.5. The van der Waals surface area contributed by atoms with E-state index in [1.165, 1.54) is 6.07 Å². The van der Waals surface area contributed by atoms with Crippen LogP contribution in [0.2, 0.25) is 5.02 Å². The van der Waals surface area contributed by atoms with Crippen molar-refractivity contribution in [3.63, 3.8) is 0 Å². The van der Waals surface area contributed by atoms with Gasteiger partial charge in [0, 0.05) is 6.42 Å². The maximum atomic E-state index is 13.1. The minimum absolute atomic E-state index is 0.0332. The number of halogens is 2. The van der Waals surface area contributed by atoms with Gasteiger partial charge in [-0.3, -0.25) is 14.5 Å². The number of fused-ring (bicyclic) bond motifs is 1. The van der Waals surface area contributed by atoms with E-state index in [-0.39, 0.29) is 10.7 Å². The van der Waals surface area contributed by atoms with Gasteiger partial charge in [-0.05, 0) is 42.2 Å². The lowest BCUT2D eigenvalue weighted by atomic mass is 9.78. The molecule has 6 nitrogen and oxygen atoms in total. The number of nitrogens with one attached hydrogen (secondary N) is 2. The summed E-state index contributed by atoms with van der Waals surface area (Å²) >= 11 is 5.90. The van der Waals surface area contributed by atoms with E-state index in [0.29, 0.717) is 19.3 Å². The Morgan fingerprint density at radius 2 is 1.96 bits per heavy atom. The van der Waals surface area contributed by atoms with Crippen LogP contribution in [-0.4, -0.2) is 34.8 Å². The number of hydrogen-bond donors (Lipinski definition) is 2. The van der Waals surface area contributed by atoms with E-state index in [1.54, 1.807) is 0 Å². The zero-order valence-electron chi connectivity index (χ0n) is 14.8. The molecule has 1 heterocycles. The third-order valence-electron chi connectivity index (χ3n) is 5.18. The summed E-state index contributed by atoms with van der Waals surface area (Å²) in [6.07, 6.45) is 1.56. The van der Waals surface area contributed by atoms with Crippen molar-refractivity contribution >= 4 is 35.1 Å². The first kappa shape index (κ1) is 18.4. The molecule has 1 fully saturated rings. The monoisotopic (exact) mass is 401 g/mol. The second-order valence-electron chi connectivity index (χ2n) is 7.02. The molecule has 2 aromatic rings. The maximum Gasteiger partial charge on any atom is 0.325 e. The highest BCUT2D eigenvalue weighted by Crippen LogP contribution is 2.33. The predicted octanol–water partition coefficient (Wildman–Crippen LogP) is 2.90. The summed E-state index contributed by atoms with van der Waals surface area (Å²) < 4.78 is 13.1. The fourth-order valence-corrected chi connectivity index (χ4v) is 3.98. The van der Waals surface area contributed by atoms with Gasteiger partial charge < -0.3 is 10.6 Å². The number of benzene rings is 2. The van der Waals surface area contributed by atoms with E-state index >= 15 is 0 Å². The molecule has 1 aliphatic carbocycles. The Kier molecular flexibility index (Phi) is 4.55. The van der Waals surface area contributed by atoms with Gasteiger partial charge in [0.1, 0.15) is 17.9 Å². The first-order valence-corrected chi connectivity index (χ1v) is 9.21. The Balaban J connectivity index is 1.48. The van der Waals surface area contributed by atoms with E-state index in [0.717, 1.165) is 28.2 Å². The Morgan fingerprint density at radius 1 is 1.21 bits per heavy atom. The van der Waals surface area contributed by atoms with Gasteiger partial charge in [-0.25, -0.2) is 9.18 Å². The van der Waals surface area contributed by atoms with Crippen LogP contribution in [0.4, 0.5) is 14.9 Å². The van der Waals surface area contributed by atoms with E-state index in [4.69, 9.17) is 11.6 Å². The number of rotatable bonds is 3. The zero-order chi connectivity index (χ0) is 19.9. The molecule has 2 aromatic carbocycles. The van der Waals surface area contributed by atoms with E-state index in [1.807, 2.05) is 24.3 Å². The minimum atomic E-state index is -1.01. The minimum Gasteiger partial charge on any atom is -0.323 e. The first-order chi connectivity index (χ1) is 13.4. The van der Waals surface area contributed by atoms with E-state index in [9.17, 15) is 18.8 Å². The van der Waals surface area contributed by atoms with Gasteiger partial charge in [0.25, 0.3) is 5.91 Å². The number of urea groups is 1. The second kappa shape index (κ2) is 6.91. The summed E-state index contributed by atoms with van der Waals surface area (Å²) in [7, 11) is 0. The van der Waals surface area contributed by atoms with Crippen molar-refractivity contribution in [1.82, 2.24) is 10.2 Å². The summed E-state index contributed by atoms with van der Waals surface area (Å²) in [5, 5.41) is 5.31.